The van der Waals surface area contributed by atoms with Crippen molar-refractivity contribution in [1.82, 2.24) is 0 Å². The number of rotatable bonds is 5. The van der Waals surface area contributed by atoms with Crippen molar-refractivity contribution in [2.75, 3.05) is 15.5 Å². The van der Waals surface area contributed by atoms with Crippen LogP contribution in [0.4, 0.5) is 17.1 Å². The molecule has 138 valence electrons. The topological polar surface area (TPSA) is 95.6 Å². The molecule has 2 aromatic carbocycles. The van der Waals surface area contributed by atoms with Gasteiger partial charge in [-0.05, 0) is 42.5 Å². The van der Waals surface area contributed by atoms with Gasteiger partial charge in [-0.3, -0.25) is 24.1 Å². The minimum atomic E-state index is -0.334. The number of hydrogen-bond donors (Lipinski definition) is 2. The fourth-order valence-corrected chi connectivity index (χ4v) is 2.75. The molecule has 0 aliphatic carbocycles. The lowest BCUT2D eigenvalue weighted by Gasteiger charge is -2.14. The van der Waals surface area contributed by atoms with Gasteiger partial charge in [0.1, 0.15) is 0 Å². The van der Waals surface area contributed by atoms with Crippen LogP contribution in [0.2, 0.25) is 0 Å². The molecule has 0 atom stereocenters. The molecule has 4 amide bonds. The highest BCUT2D eigenvalue weighted by molar-refractivity contribution is 6.20. The second kappa shape index (κ2) is 7.82. The van der Waals surface area contributed by atoms with Crippen LogP contribution in [0.3, 0.4) is 0 Å². The van der Waals surface area contributed by atoms with Crippen LogP contribution in [0, 0.1) is 0 Å². The Morgan fingerprint density at radius 1 is 0.926 bits per heavy atom. The molecule has 0 saturated carbocycles. The van der Waals surface area contributed by atoms with Gasteiger partial charge in [-0.25, -0.2) is 0 Å². The van der Waals surface area contributed by atoms with Gasteiger partial charge in [0.15, 0.2) is 0 Å². The van der Waals surface area contributed by atoms with Gasteiger partial charge in [-0.1, -0.05) is 13.0 Å². The summed E-state index contributed by atoms with van der Waals surface area (Å²) in [7, 11) is 0. The summed E-state index contributed by atoms with van der Waals surface area (Å²) < 4.78 is 0. The first kappa shape index (κ1) is 18.3. The minimum Gasteiger partial charge on any atom is -0.326 e. The fraction of sp³-hybridized carbons (Fsp3) is 0.200. The molecule has 1 heterocycles. The molecule has 27 heavy (non-hydrogen) atoms. The molecule has 1 aliphatic heterocycles. The van der Waals surface area contributed by atoms with E-state index in [0.29, 0.717) is 29.0 Å². The Kier molecular flexibility index (Phi) is 5.30. The van der Waals surface area contributed by atoms with Crippen molar-refractivity contribution < 1.29 is 19.2 Å². The third-order valence-corrected chi connectivity index (χ3v) is 4.16. The Hall–Kier alpha value is -3.48. The van der Waals surface area contributed by atoms with Crippen molar-refractivity contribution in [3.63, 3.8) is 0 Å². The number of nitrogens with zero attached hydrogens (tertiary/aromatic N) is 1. The molecule has 2 N–H and O–H groups in total. The molecular weight excluding hydrogens is 346 g/mol. The standard InChI is InChI=1S/C20H19N3O4/c1-2-17(24)21-14-4-3-5-15(12-14)22-20(27)13-6-8-16(9-7-13)23-18(25)10-11-19(23)26/h3-9,12H,2,10-11H2,1H3,(H,21,24)(H,22,27). The Morgan fingerprint density at radius 3 is 2.11 bits per heavy atom. The summed E-state index contributed by atoms with van der Waals surface area (Å²) in [6.45, 7) is 1.76. The van der Waals surface area contributed by atoms with Gasteiger partial charge in [0, 0.05) is 36.2 Å². The van der Waals surface area contributed by atoms with Gasteiger partial charge in [-0.15, -0.1) is 0 Å². The van der Waals surface area contributed by atoms with E-state index in [9.17, 15) is 19.2 Å². The Labute approximate surface area is 156 Å². The predicted octanol–water partition coefficient (Wildman–Crippen LogP) is 2.94. The van der Waals surface area contributed by atoms with Crippen LogP contribution in [0.5, 0.6) is 0 Å². The lowest BCUT2D eigenvalue weighted by molar-refractivity contribution is -0.121. The zero-order chi connectivity index (χ0) is 19.4. The molecule has 1 fully saturated rings. The van der Waals surface area contributed by atoms with Gasteiger partial charge in [0.25, 0.3) is 5.91 Å². The van der Waals surface area contributed by atoms with Crippen LogP contribution in [-0.4, -0.2) is 23.6 Å². The lowest BCUT2D eigenvalue weighted by Crippen LogP contribution is -2.28. The van der Waals surface area contributed by atoms with E-state index in [1.165, 1.54) is 0 Å². The summed E-state index contributed by atoms with van der Waals surface area (Å²) in [6.07, 6.45) is 0.795. The summed E-state index contributed by atoms with van der Waals surface area (Å²) in [6, 6.07) is 13.1. The van der Waals surface area contributed by atoms with E-state index < -0.39 is 0 Å². The maximum absolute atomic E-state index is 12.4. The van der Waals surface area contributed by atoms with Gasteiger partial charge in [0.2, 0.25) is 17.7 Å². The second-order valence-corrected chi connectivity index (χ2v) is 6.11. The van der Waals surface area contributed by atoms with Crippen molar-refractivity contribution >= 4 is 40.7 Å². The number of amides is 4. The molecule has 2 aromatic rings. The van der Waals surface area contributed by atoms with Crippen LogP contribution in [-0.2, 0) is 14.4 Å². The highest BCUT2D eigenvalue weighted by atomic mass is 16.2. The Balaban J connectivity index is 1.70. The SMILES string of the molecule is CCC(=O)Nc1cccc(NC(=O)c2ccc(N3C(=O)CCC3=O)cc2)c1. The van der Waals surface area contributed by atoms with Crippen LogP contribution in [0.25, 0.3) is 0 Å². The maximum Gasteiger partial charge on any atom is 0.255 e. The molecule has 0 spiro atoms. The largest absolute Gasteiger partial charge is 0.326 e. The van der Waals surface area contributed by atoms with Crippen LogP contribution in [0.1, 0.15) is 36.5 Å². The molecule has 1 saturated heterocycles. The second-order valence-electron chi connectivity index (χ2n) is 6.11. The number of carbonyl (C=O) groups is 4. The van der Waals surface area contributed by atoms with E-state index in [1.807, 2.05) is 0 Å². The van der Waals surface area contributed by atoms with E-state index in [-0.39, 0.29) is 36.5 Å². The number of hydrogen-bond acceptors (Lipinski definition) is 4. The fourth-order valence-electron chi connectivity index (χ4n) is 2.75. The first-order valence-corrected chi connectivity index (χ1v) is 8.65. The number of benzene rings is 2. The molecule has 1 aliphatic rings. The highest BCUT2D eigenvalue weighted by Gasteiger charge is 2.30. The number of anilines is 3. The van der Waals surface area contributed by atoms with Crippen molar-refractivity contribution in [3.05, 3.63) is 54.1 Å². The first-order chi connectivity index (χ1) is 13.0. The third-order valence-electron chi connectivity index (χ3n) is 4.16. The van der Waals surface area contributed by atoms with Crippen LogP contribution in [0.15, 0.2) is 48.5 Å². The maximum atomic E-state index is 12.4. The Bertz CT molecular complexity index is 890. The highest BCUT2D eigenvalue weighted by Crippen LogP contribution is 2.23. The van der Waals surface area contributed by atoms with E-state index in [2.05, 4.69) is 10.6 Å². The summed E-state index contributed by atoms with van der Waals surface area (Å²) in [4.78, 5) is 48.6. The molecule has 7 heteroatoms. The third kappa shape index (κ3) is 4.20. The van der Waals surface area contributed by atoms with Crippen molar-refractivity contribution in [3.8, 4) is 0 Å². The van der Waals surface area contributed by atoms with Gasteiger partial charge in [-0.2, -0.15) is 0 Å². The lowest BCUT2D eigenvalue weighted by atomic mass is 10.1. The zero-order valence-electron chi connectivity index (χ0n) is 14.8. The minimum absolute atomic E-state index is 0.111. The average molecular weight is 365 g/mol. The normalized spacial score (nSPS) is 13.6. The average Bonchev–Trinajstić information content (AvgIpc) is 3.00. The van der Waals surface area contributed by atoms with E-state index in [1.54, 1.807) is 55.5 Å². The Morgan fingerprint density at radius 2 is 1.52 bits per heavy atom. The van der Waals surface area contributed by atoms with E-state index in [4.69, 9.17) is 0 Å². The van der Waals surface area contributed by atoms with Crippen molar-refractivity contribution in [2.45, 2.75) is 26.2 Å². The van der Waals surface area contributed by atoms with Crippen LogP contribution < -0.4 is 15.5 Å². The molecule has 0 bridgehead atoms. The van der Waals surface area contributed by atoms with Crippen molar-refractivity contribution in [1.29, 1.82) is 0 Å². The van der Waals surface area contributed by atoms with E-state index in [0.717, 1.165) is 4.90 Å². The summed E-state index contributed by atoms with van der Waals surface area (Å²) in [5, 5.41) is 5.49. The number of carbonyl (C=O) groups excluding carboxylic acids is 4. The monoisotopic (exact) mass is 365 g/mol. The summed E-state index contributed by atoms with van der Waals surface area (Å²) >= 11 is 0. The smallest absolute Gasteiger partial charge is 0.255 e. The van der Waals surface area contributed by atoms with Gasteiger partial charge in [0.05, 0.1) is 5.69 Å². The van der Waals surface area contributed by atoms with E-state index >= 15 is 0 Å². The molecule has 0 unspecified atom stereocenters. The van der Waals surface area contributed by atoms with Gasteiger partial charge >= 0.3 is 0 Å². The quantitative estimate of drug-likeness (QED) is 0.797. The molecule has 0 aromatic heterocycles. The molecular formula is C20H19N3O4. The molecule has 7 nitrogen and oxygen atoms in total. The first-order valence-electron chi connectivity index (χ1n) is 8.65. The number of nitrogens with one attached hydrogen (secondary N) is 2. The molecule has 3 rings (SSSR count). The zero-order valence-corrected chi connectivity index (χ0v) is 14.8. The summed E-state index contributed by atoms with van der Waals surface area (Å²) in [5.74, 6) is -0.911. The number of imide groups is 1. The summed E-state index contributed by atoms with van der Waals surface area (Å²) in [5.41, 5.74) is 1.99. The van der Waals surface area contributed by atoms with Crippen molar-refractivity contribution in [2.24, 2.45) is 0 Å². The van der Waals surface area contributed by atoms with Gasteiger partial charge < -0.3 is 10.6 Å². The van der Waals surface area contributed by atoms with Crippen LogP contribution >= 0.6 is 0 Å². The predicted molar refractivity (Wildman–Crippen MR) is 101 cm³/mol. The molecule has 0 radical (unpaired) electrons.